The predicted molar refractivity (Wildman–Crippen MR) is 65.6 cm³/mol. The topological polar surface area (TPSA) is 12.5 Å². The van der Waals surface area contributed by atoms with Gasteiger partial charge in [-0.15, -0.1) is 11.6 Å². The number of nitrogens with zero attached hydrogens (tertiary/aromatic N) is 1. The van der Waals surface area contributed by atoms with Gasteiger partial charge in [-0.2, -0.15) is 0 Å². The second-order valence-corrected chi connectivity index (χ2v) is 5.00. The van der Waals surface area contributed by atoms with Crippen molar-refractivity contribution in [3.05, 3.63) is 0 Å². The Kier molecular flexibility index (Phi) is 6.62. The van der Waals surface area contributed by atoms with Crippen molar-refractivity contribution in [2.24, 2.45) is 0 Å². The van der Waals surface area contributed by atoms with Crippen molar-refractivity contribution in [3.8, 4) is 0 Å². The van der Waals surface area contributed by atoms with Gasteiger partial charge in [0, 0.05) is 19.0 Å². The molecular weight excluding hydrogens is 210 g/mol. The molecule has 2 nitrogen and oxygen atoms in total. The van der Waals surface area contributed by atoms with Crippen LogP contribution in [-0.4, -0.2) is 42.6 Å². The molecule has 1 rings (SSSR count). The largest absolute Gasteiger partial charge is 0.373 e. The minimum Gasteiger partial charge on any atom is -0.373 e. The maximum atomic E-state index is 5.70. The first-order valence-corrected chi connectivity index (χ1v) is 6.69. The van der Waals surface area contributed by atoms with Gasteiger partial charge in [-0.05, 0) is 33.2 Å². The van der Waals surface area contributed by atoms with Crippen LogP contribution in [0.3, 0.4) is 0 Å². The Balaban J connectivity index is 2.04. The van der Waals surface area contributed by atoms with Crippen molar-refractivity contribution >= 4 is 11.6 Å². The molecule has 15 heavy (non-hydrogen) atoms. The summed E-state index contributed by atoms with van der Waals surface area (Å²) in [5.41, 5.74) is 0. The van der Waals surface area contributed by atoms with E-state index < -0.39 is 0 Å². The van der Waals surface area contributed by atoms with E-state index in [0.717, 1.165) is 25.4 Å². The Hall–Kier alpha value is 0.210. The van der Waals surface area contributed by atoms with E-state index in [9.17, 15) is 0 Å². The number of ether oxygens (including phenoxy) is 1. The van der Waals surface area contributed by atoms with Gasteiger partial charge in [0.05, 0.1) is 12.2 Å². The predicted octanol–water partition coefficient (Wildman–Crippen LogP) is 2.89. The molecule has 0 amide bonds. The fourth-order valence-electron chi connectivity index (χ4n) is 2.25. The van der Waals surface area contributed by atoms with Crippen molar-refractivity contribution in [2.45, 2.75) is 51.7 Å². The van der Waals surface area contributed by atoms with Crippen LogP contribution in [0.2, 0.25) is 0 Å². The molecule has 90 valence electrons. The van der Waals surface area contributed by atoms with E-state index in [0.29, 0.717) is 12.2 Å². The van der Waals surface area contributed by atoms with Crippen molar-refractivity contribution in [2.75, 3.05) is 25.5 Å². The lowest BCUT2D eigenvalue weighted by Gasteiger charge is -2.35. The highest BCUT2D eigenvalue weighted by Crippen LogP contribution is 2.12. The summed E-state index contributed by atoms with van der Waals surface area (Å²) < 4.78 is 5.70. The number of hydrogen-bond acceptors (Lipinski definition) is 2. The van der Waals surface area contributed by atoms with E-state index in [-0.39, 0.29) is 0 Å². The van der Waals surface area contributed by atoms with E-state index >= 15 is 0 Å². The molecule has 0 saturated carbocycles. The normalized spacial score (nSPS) is 28.2. The van der Waals surface area contributed by atoms with Crippen LogP contribution in [0.1, 0.15) is 39.5 Å². The van der Waals surface area contributed by atoms with E-state index in [1.54, 1.807) is 0 Å². The van der Waals surface area contributed by atoms with Gasteiger partial charge < -0.3 is 4.74 Å². The molecule has 0 aromatic rings. The highest BCUT2D eigenvalue weighted by atomic mass is 35.5. The first kappa shape index (κ1) is 13.3. The summed E-state index contributed by atoms with van der Waals surface area (Å²) >= 11 is 5.64. The van der Waals surface area contributed by atoms with E-state index in [4.69, 9.17) is 16.3 Å². The molecule has 3 heteroatoms. The lowest BCUT2D eigenvalue weighted by molar-refractivity contribution is -0.0681. The quantitative estimate of drug-likeness (QED) is 0.517. The molecule has 1 saturated heterocycles. The van der Waals surface area contributed by atoms with Crippen molar-refractivity contribution in [1.82, 2.24) is 4.90 Å². The molecule has 0 radical (unpaired) electrons. The van der Waals surface area contributed by atoms with Gasteiger partial charge in [0.1, 0.15) is 0 Å². The first-order chi connectivity index (χ1) is 7.22. The van der Waals surface area contributed by atoms with Crippen LogP contribution < -0.4 is 0 Å². The van der Waals surface area contributed by atoms with Gasteiger partial charge in [0.25, 0.3) is 0 Å². The second-order valence-electron chi connectivity index (χ2n) is 4.62. The van der Waals surface area contributed by atoms with E-state index in [1.807, 2.05) is 0 Å². The Morgan fingerprint density at radius 3 is 2.27 bits per heavy atom. The van der Waals surface area contributed by atoms with Crippen LogP contribution in [0.15, 0.2) is 0 Å². The number of hydrogen-bond donors (Lipinski definition) is 0. The molecule has 2 atom stereocenters. The molecule has 0 bridgehead atoms. The zero-order valence-electron chi connectivity index (χ0n) is 10.0. The fourth-order valence-corrected chi connectivity index (χ4v) is 2.44. The monoisotopic (exact) mass is 233 g/mol. The molecule has 2 unspecified atom stereocenters. The van der Waals surface area contributed by atoms with Crippen LogP contribution in [-0.2, 0) is 4.74 Å². The standard InChI is InChI=1S/C12H24ClNO/c1-11-9-14(10-12(2)15-11)8-6-4-3-5-7-13/h11-12H,3-10H2,1-2H3. The molecular formula is C12H24ClNO. The zero-order valence-corrected chi connectivity index (χ0v) is 10.8. The third kappa shape index (κ3) is 5.74. The summed E-state index contributed by atoms with van der Waals surface area (Å²) in [4.78, 5) is 2.53. The fraction of sp³-hybridized carbons (Fsp3) is 1.00. The third-order valence-electron chi connectivity index (χ3n) is 2.85. The number of morpholine rings is 1. The summed E-state index contributed by atoms with van der Waals surface area (Å²) in [6.45, 7) is 7.74. The highest BCUT2D eigenvalue weighted by Gasteiger charge is 2.21. The van der Waals surface area contributed by atoms with E-state index in [2.05, 4.69) is 18.7 Å². The molecule has 0 aromatic heterocycles. The van der Waals surface area contributed by atoms with Crippen LogP contribution >= 0.6 is 11.6 Å². The molecule has 0 N–H and O–H groups in total. The number of unbranched alkanes of at least 4 members (excludes halogenated alkanes) is 3. The average molecular weight is 234 g/mol. The van der Waals surface area contributed by atoms with Crippen LogP contribution in [0.25, 0.3) is 0 Å². The molecule has 0 spiro atoms. The van der Waals surface area contributed by atoms with Crippen LogP contribution in [0.4, 0.5) is 0 Å². The summed E-state index contributed by atoms with van der Waals surface area (Å²) in [7, 11) is 0. The van der Waals surface area contributed by atoms with E-state index in [1.165, 1.54) is 25.8 Å². The van der Waals surface area contributed by atoms with Gasteiger partial charge in [0.2, 0.25) is 0 Å². The number of alkyl halides is 1. The lowest BCUT2D eigenvalue weighted by Crippen LogP contribution is -2.45. The highest BCUT2D eigenvalue weighted by molar-refractivity contribution is 6.17. The van der Waals surface area contributed by atoms with Crippen LogP contribution in [0.5, 0.6) is 0 Å². The second kappa shape index (κ2) is 7.48. The Morgan fingerprint density at radius 2 is 1.67 bits per heavy atom. The Bertz CT molecular complexity index is 156. The Morgan fingerprint density at radius 1 is 1.07 bits per heavy atom. The smallest absolute Gasteiger partial charge is 0.0678 e. The molecule has 0 aromatic carbocycles. The van der Waals surface area contributed by atoms with Crippen molar-refractivity contribution < 1.29 is 4.74 Å². The molecule has 0 aliphatic carbocycles. The Labute approximate surface area is 98.9 Å². The summed E-state index contributed by atoms with van der Waals surface area (Å²) in [6.07, 6.45) is 5.85. The van der Waals surface area contributed by atoms with Gasteiger partial charge in [-0.3, -0.25) is 4.90 Å². The first-order valence-electron chi connectivity index (χ1n) is 6.16. The molecule has 1 aliphatic rings. The maximum absolute atomic E-state index is 5.70. The molecule has 1 aliphatic heterocycles. The van der Waals surface area contributed by atoms with Gasteiger partial charge >= 0.3 is 0 Å². The SMILES string of the molecule is CC1CN(CCCCCCCl)CC(C)O1. The van der Waals surface area contributed by atoms with Crippen molar-refractivity contribution in [1.29, 1.82) is 0 Å². The summed E-state index contributed by atoms with van der Waals surface area (Å²) in [5, 5.41) is 0. The van der Waals surface area contributed by atoms with Crippen molar-refractivity contribution in [3.63, 3.8) is 0 Å². The molecule has 1 heterocycles. The minimum atomic E-state index is 0.400. The molecule has 1 fully saturated rings. The third-order valence-corrected chi connectivity index (χ3v) is 3.12. The minimum absolute atomic E-state index is 0.400. The lowest BCUT2D eigenvalue weighted by atomic mass is 10.1. The zero-order chi connectivity index (χ0) is 11.1. The summed E-state index contributed by atoms with van der Waals surface area (Å²) in [5.74, 6) is 0.811. The summed E-state index contributed by atoms with van der Waals surface area (Å²) in [6, 6.07) is 0. The maximum Gasteiger partial charge on any atom is 0.0678 e. The number of rotatable bonds is 6. The van der Waals surface area contributed by atoms with Gasteiger partial charge in [-0.1, -0.05) is 12.8 Å². The van der Waals surface area contributed by atoms with Gasteiger partial charge in [-0.25, -0.2) is 0 Å². The number of halogens is 1. The average Bonchev–Trinajstić information content (AvgIpc) is 2.16. The van der Waals surface area contributed by atoms with Gasteiger partial charge in [0.15, 0.2) is 0 Å². The van der Waals surface area contributed by atoms with Crippen LogP contribution in [0, 0.1) is 0 Å².